The largest absolute Gasteiger partial charge is 0.493 e. The number of benzene rings is 2. The minimum atomic E-state index is -0.637. The van der Waals surface area contributed by atoms with Gasteiger partial charge < -0.3 is 14.2 Å². The maximum Gasteiger partial charge on any atom is 0.326 e. The molecule has 2 aromatic carbocycles. The van der Waals surface area contributed by atoms with Crippen molar-refractivity contribution in [2.24, 2.45) is 0 Å². The first-order valence-electron chi connectivity index (χ1n) is 10.4. The molecule has 1 fully saturated rings. The molecule has 0 bridgehead atoms. The summed E-state index contributed by atoms with van der Waals surface area (Å²) in [6.45, 7) is 3.29. The Morgan fingerprint density at radius 3 is 2.71 bits per heavy atom. The van der Waals surface area contributed by atoms with Crippen LogP contribution in [0.2, 0.25) is 0 Å². The fourth-order valence-electron chi connectivity index (χ4n) is 3.01. The van der Waals surface area contributed by atoms with E-state index in [0.717, 1.165) is 16.7 Å². The molecular formula is C24H23BrFNO6S. The minimum Gasteiger partial charge on any atom is -0.493 e. The van der Waals surface area contributed by atoms with E-state index in [0.29, 0.717) is 33.5 Å². The van der Waals surface area contributed by atoms with Crippen molar-refractivity contribution in [3.05, 3.63) is 62.7 Å². The second-order valence-corrected chi connectivity index (χ2v) is 9.28. The van der Waals surface area contributed by atoms with Crippen molar-refractivity contribution in [1.82, 2.24) is 4.90 Å². The van der Waals surface area contributed by atoms with Crippen LogP contribution in [0, 0.1) is 5.82 Å². The van der Waals surface area contributed by atoms with Gasteiger partial charge in [0.15, 0.2) is 11.5 Å². The average molecular weight is 552 g/mol. The van der Waals surface area contributed by atoms with Gasteiger partial charge in [-0.25, -0.2) is 4.39 Å². The first-order chi connectivity index (χ1) is 16.2. The van der Waals surface area contributed by atoms with Gasteiger partial charge in [0.25, 0.3) is 11.1 Å². The number of ether oxygens (including phenoxy) is 3. The molecule has 1 saturated heterocycles. The van der Waals surface area contributed by atoms with Crippen molar-refractivity contribution in [2.45, 2.75) is 33.0 Å². The summed E-state index contributed by atoms with van der Waals surface area (Å²) in [6, 6.07) is 9.42. The van der Waals surface area contributed by atoms with Gasteiger partial charge in [0.2, 0.25) is 0 Å². The zero-order chi connectivity index (χ0) is 24.8. The van der Waals surface area contributed by atoms with Crippen LogP contribution in [-0.4, -0.2) is 41.8 Å². The quantitative estimate of drug-likeness (QED) is 0.298. The van der Waals surface area contributed by atoms with E-state index in [1.54, 1.807) is 31.2 Å². The van der Waals surface area contributed by atoms with Gasteiger partial charge in [-0.05, 0) is 82.5 Å². The Morgan fingerprint density at radius 1 is 1.26 bits per heavy atom. The Hall–Kier alpha value is -2.85. The smallest absolute Gasteiger partial charge is 0.326 e. The number of halogens is 2. The van der Waals surface area contributed by atoms with E-state index in [1.807, 2.05) is 6.92 Å². The second kappa shape index (κ2) is 11.5. The number of imide groups is 1. The van der Waals surface area contributed by atoms with Crippen LogP contribution in [0.4, 0.5) is 9.18 Å². The number of carbonyl (C=O) groups is 3. The summed E-state index contributed by atoms with van der Waals surface area (Å²) in [5.41, 5.74) is 1.23. The number of hydrogen-bond donors (Lipinski definition) is 0. The van der Waals surface area contributed by atoms with Gasteiger partial charge >= 0.3 is 5.97 Å². The fourth-order valence-corrected chi connectivity index (χ4v) is 4.42. The molecule has 7 nitrogen and oxygen atoms in total. The number of nitrogens with zero attached hydrogens (tertiary/aromatic N) is 1. The average Bonchev–Trinajstić information content (AvgIpc) is 3.05. The van der Waals surface area contributed by atoms with Crippen LogP contribution >= 0.6 is 27.7 Å². The Kier molecular flexibility index (Phi) is 8.73. The lowest BCUT2D eigenvalue weighted by molar-refractivity contribution is -0.150. The number of rotatable bonds is 9. The molecule has 0 aromatic heterocycles. The highest BCUT2D eigenvalue weighted by Gasteiger charge is 2.37. The number of esters is 1. The van der Waals surface area contributed by atoms with E-state index >= 15 is 0 Å². The van der Waals surface area contributed by atoms with Crippen molar-refractivity contribution in [2.75, 3.05) is 13.7 Å². The maximum atomic E-state index is 13.4. The van der Waals surface area contributed by atoms with Gasteiger partial charge in [-0.1, -0.05) is 19.1 Å². The van der Waals surface area contributed by atoms with Crippen molar-refractivity contribution in [3.8, 4) is 11.5 Å². The van der Waals surface area contributed by atoms with E-state index in [1.165, 1.54) is 25.3 Å². The second-order valence-electron chi connectivity index (χ2n) is 7.43. The highest BCUT2D eigenvalue weighted by atomic mass is 79.9. The van der Waals surface area contributed by atoms with Gasteiger partial charge in [0.05, 0.1) is 22.6 Å². The maximum absolute atomic E-state index is 13.4. The third-order valence-electron chi connectivity index (χ3n) is 4.89. The summed E-state index contributed by atoms with van der Waals surface area (Å²) < 4.78 is 30.4. The summed E-state index contributed by atoms with van der Waals surface area (Å²) in [7, 11) is 1.47. The standard InChI is InChI=1S/C24H23BrFNO6S/c1-4-14(2)33-21(28)12-27-23(29)20(34-24(27)30)11-16-9-18(25)22(19(10-16)31-3)32-13-15-6-5-7-17(26)8-15/h5-11,14H,4,12-13H2,1-3H3/b20-11+/t14-/m1/s1. The molecule has 1 heterocycles. The molecule has 180 valence electrons. The molecule has 2 amide bonds. The van der Waals surface area contributed by atoms with Gasteiger partial charge in [-0.3, -0.25) is 19.3 Å². The first-order valence-corrected chi connectivity index (χ1v) is 12.0. The molecule has 0 N–H and O–H groups in total. The molecule has 34 heavy (non-hydrogen) atoms. The van der Waals surface area contributed by atoms with Crippen LogP contribution in [0.25, 0.3) is 6.08 Å². The normalized spacial score (nSPS) is 15.6. The van der Waals surface area contributed by atoms with Crippen LogP contribution in [0.3, 0.4) is 0 Å². The zero-order valence-corrected chi connectivity index (χ0v) is 21.2. The van der Waals surface area contributed by atoms with Crippen molar-refractivity contribution < 1.29 is 33.0 Å². The number of carbonyl (C=O) groups excluding carboxylic acids is 3. The zero-order valence-electron chi connectivity index (χ0n) is 18.8. The molecule has 2 aromatic rings. The van der Waals surface area contributed by atoms with E-state index in [9.17, 15) is 18.8 Å². The molecule has 0 radical (unpaired) electrons. The van der Waals surface area contributed by atoms with E-state index in [2.05, 4.69) is 15.9 Å². The topological polar surface area (TPSA) is 82.1 Å². The molecule has 1 atom stereocenters. The van der Waals surface area contributed by atoms with Crippen LogP contribution in [-0.2, 0) is 20.9 Å². The molecule has 1 aliphatic heterocycles. The van der Waals surface area contributed by atoms with Gasteiger partial charge in [0.1, 0.15) is 19.0 Å². The number of hydrogen-bond acceptors (Lipinski definition) is 7. The van der Waals surface area contributed by atoms with Crippen LogP contribution in [0.15, 0.2) is 45.8 Å². The van der Waals surface area contributed by atoms with Crippen molar-refractivity contribution >= 4 is 50.9 Å². The van der Waals surface area contributed by atoms with E-state index in [4.69, 9.17) is 14.2 Å². The molecule has 0 unspecified atom stereocenters. The Bertz CT molecular complexity index is 1140. The van der Waals surface area contributed by atoms with E-state index in [-0.39, 0.29) is 23.4 Å². The molecule has 0 saturated carbocycles. The van der Waals surface area contributed by atoms with Gasteiger partial charge in [0, 0.05) is 0 Å². The van der Waals surface area contributed by atoms with Crippen LogP contribution in [0.1, 0.15) is 31.4 Å². The Morgan fingerprint density at radius 2 is 2.03 bits per heavy atom. The van der Waals surface area contributed by atoms with Crippen molar-refractivity contribution in [1.29, 1.82) is 0 Å². The van der Waals surface area contributed by atoms with Crippen LogP contribution in [0.5, 0.6) is 11.5 Å². The molecule has 1 aliphatic rings. The summed E-state index contributed by atoms with van der Waals surface area (Å²) in [6.07, 6.45) is 1.87. The van der Waals surface area contributed by atoms with Gasteiger partial charge in [-0.2, -0.15) is 0 Å². The summed E-state index contributed by atoms with van der Waals surface area (Å²) in [5, 5.41) is -0.543. The highest BCUT2D eigenvalue weighted by Crippen LogP contribution is 2.39. The fraction of sp³-hybridized carbons (Fsp3) is 0.292. The summed E-state index contributed by atoms with van der Waals surface area (Å²) >= 11 is 4.18. The minimum absolute atomic E-state index is 0.123. The first kappa shape index (κ1) is 25.8. The molecule has 10 heteroatoms. The van der Waals surface area contributed by atoms with Crippen molar-refractivity contribution in [3.63, 3.8) is 0 Å². The molecule has 3 rings (SSSR count). The third kappa shape index (κ3) is 6.38. The highest BCUT2D eigenvalue weighted by molar-refractivity contribution is 9.10. The summed E-state index contributed by atoms with van der Waals surface area (Å²) in [5.74, 6) is -0.775. The Balaban J connectivity index is 1.76. The lowest BCUT2D eigenvalue weighted by atomic mass is 10.1. The molecular weight excluding hydrogens is 529 g/mol. The predicted octanol–water partition coefficient (Wildman–Crippen LogP) is 5.55. The number of methoxy groups -OCH3 is 1. The van der Waals surface area contributed by atoms with Gasteiger partial charge in [-0.15, -0.1) is 0 Å². The number of thioether (sulfide) groups is 1. The molecule has 0 aliphatic carbocycles. The SMILES string of the molecule is CC[C@@H](C)OC(=O)CN1C(=O)S/C(=C/c2cc(Br)c(OCc3cccc(F)c3)c(OC)c2)C1=O. The predicted molar refractivity (Wildman–Crippen MR) is 130 cm³/mol. The Labute approximate surface area is 209 Å². The number of amides is 2. The summed E-state index contributed by atoms with van der Waals surface area (Å²) in [4.78, 5) is 38.1. The monoisotopic (exact) mass is 551 g/mol. The van der Waals surface area contributed by atoms with E-state index < -0.39 is 23.7 Å². The van der Waals surface area contributed by atoms with Crippen LogP contribution < -0.4 is 9.47 Å². The lowest BCUT2D eigenvalue weighted by Crippen LogP contribution is -2.35. The lowest BCUT2D eigenvalue weighted by Gasteiger charge is -2.15. The third-order valence-corrected chi connectivity index (χ3v) is 6.39. The molecule has 0 spiro atoms.